The lowest BCUT2D eigenvalue weighted by molar-refractivity contribution is 0.188. The maximum absolute atomic E-state index is 9.05. The zero-order valence-electron chi connectivity index (χ0n) is 8.71. The van der Waals surface area contributed by atoms with E-state index >= 15 is 0 Å². The average molecular weight is 186 g/mol. The summed E-state index contributed by atoms with van der Waals surface area (Å²) in [4.78, 5) is 0. The molecule has 3 nitrogen and oxygen atoms in total. The highest BCUT2D eigenvalue weighted by Gasteiger charge is 2.16. The summed E-state index contributed by atoms with van der Waals surface area (Å²) in [6.45, 7) is 5.73. The molecule has 0 aliphatic carbocycles. The van der Waals surface area contributed by atoms with Gasteiger partial charge in [0.1, 0.15) is 0 Å². The number of piperidine rings is 1. The standard InChI is InChI=1S/C10H22N2O/c1-8-4-3-5-10(12-8)7-11-6-9(2)13/h8-13H,3-7H2,1-2H3. The van der Waals surface area contributed by atoms with Crippen molar-refractivity contribution in [1.82, 2.24) is 10.6 Å². The summed E-state index contributed by atoms with van der Waals surface area (Å²) >= 11 is 0. The summed E-state index contributed by atoms with van der Waals surface area (Å²) in [6.07, 6.45) is 3.65. The maximum Gasteiger partial charge on any atom is 0.0636 e. The number of nitrogens with one attached hydrogen (secondary N) is 2. The van der Waals surface area contributed by atoms with Gasteiger partial charge in [0.2, 0.25) is 0 Å². The Morgan fingerprint density at radius 3 is 2.92 bits per heavy atom. The molecule has 1 rings (SSSR count). The third kappa shape index (κ3) is 4.60. The van der Waals surface area contributed by atoms with Crippen LogP contribution in [0.3, 0.4) is 0 Å². The monoisotopic (exact) mass is 186 g/mol. The van der Waals surface area contributed by atoms with E-state index in [1.54, 1.807) is 0 Å². The molecule has 0 bridgehead atoms. The second-order valence-electron chi connectivity index (χ2n) is 4.20. The van der Waals surface area contributed by atoms with Gasteiger partial charge in [0.25, 0.3) is 0 Å². The van der Waals surface area contributed by atoms with Crippen molar-refractivity contribution in [1.29, 1.82) is 0 Å². The molecule has 3 atom stereocenters. The molecule has 1 saturated heterocycles. The minimum Gasteiger partial charge on any atom is -0.392 e. The van der Waals surface area contributed by atoms with Gasteiger partial charge in [-0.15, -0.1) is 0 Å². The van der Waals surface area contributed by atoms with Gasteiger partial charge in [-0.05, 0) is 26.7 Å². The molecule has 0 aromatic carbocycles. The van der Waals surface area contributed by atoms with Gasteiger partial charge in [-0.2, -0.15) is 0 Å². The predicted octanol–water partition coefficient (Wildman–Crippen LogP) is 0.487. The van der Waals surface area contributed by atoms with Crippen molar-refractivity contribution in [3.63, 3.8) is 0 Å². The van der Waals surface area contributed by atoms with Crippen LogP contribution in [-0.4, -0.2) is 36.4 Å². The van der Waals surface area contributed by atoms with Gasteiger partial charge >= 0.3 is 0 Å². The van der Waals surface area contributed by atoms with Crippen molar-refractivity contribution >= 4 is 0 Å². The van der Waals surface area contributed by atoms with Crippen molar-refractivity contribution in [2.24, 2.45) is 0 Å². The van der Waals surface area contributed by atoms with Crippen LogP contribution in [0.1, 0.15) is 33.1 Å². The van der Waals surface area contributed by atoms with E-state index in [1.165, 1.54) is 19.3 Å². The number of rotatable bonds is 4. The van der Waals surface area contributed by atoms with Gasteiger partial charge in [-0.3, -0.25) is 0 Å². The Labute approximate surface area is 80.9 Å². The molecule has 1 heterocycles. The quantitative estimate of drug-likeness (QED) is 0.598. The second kappa shape index (κ2) is 5.58. The fraction of sp³-hybridized carbons (Fsp3) is 1.00. The number of hydrogen-bond acceptors (Lipinski definition) is 3. The Hall–Kier alpha value is -0.120. The van der Waals surface area contributed by atoms with E-state index in [1.807, 2.05) is 6.92 Å². The van der Waals surface area contributed by atoms with Crippen LogP contribution in [0.15, 0.2) is 0 Å². The molecule has 3 N–H and O–H groups in total. The van der Waals surface area contributed by atoms with E-state index < -0.39 is 0 Å². The van der Waals surface area contributed by atoms with Crippen molar-refractivity contribution in [2.75, 3.05) is 13.1 Å². The number of aliphatic hydroxyl groups is 1. The normalized spacial score (nSPS) is 31.6. The topological polar surface area (TPSA) is 44.3 Å². The zero-order chi connectivity index (χ0) is 9.68. The summed E-state index contributed by atoms with van der Waals surface area (Å²) in [5, 5.41) is 15.9. The average Bonchev–Trinajstić information content (AvgIpc) is 2.03. The molecular formula is C10H22N2O. The molecule has 3 heteroatoms. The Morgan fingerprint density at radius 1 is 1.54 bits per heavy atom. The lowest BCUT2D eigenvalue weighted by Crippen LogP contribution is -2.47. The Balaban J connectivity index is 2.06. The van der Waals surface area contributed by atoms with E-state index in [2.05, 4.69) is 17.6 Å². The van der Waals surface area contributed by atoms with Crippen LogP contribution in [0, 0.1) is 0 Å². The Bertz CT molecular complexity index is 139. The van der Waals surface area contributed by atoms with Crippen LogP contribution in [0.2, 0.25) is 0 Å². The molecule has 13 heavy (non-hydrogen) atoms. The smallest absolute Gasteiger partial charge is 0.0636 e. The lowest BCUT2D eigenvalue weighted by Gasteiger charge is -2.29. The van der Waals surface area contributed by atoms with Gasteiger partial charge in [-0.25, -0.2) is 0 Å². The highest BCUT2D eigenvalue weighted by molar-refractivity contribution is 4.79. The van der Waals surface area contributed by atoms with E-state index in [9.17, 15) is 0 Å². The van der Waals surface area contributed by atoms with Crippen LogP contribution in [0.5, 0.6) is 0 Å². The molecule has 1 fully saturated rings. The molecule has 0 spiro atoms. The van der Waals surface area contributed by atoms with Gasteiger partial charge in [0, 0.05) is 25.2 Å². The van der Waals surface area contributed by atoms with Crippen LogP contribution in [-0.2, 0) is 0 Å². The van der Waals surface area contributed by atoms with Gasteiger partial charge in [0.05, 0.1) is 6.10 Å². The first-order valence-corrected chi connectivity index (χ1v) is 5.33. The zero-order valence-corrected chi connectivity index (χ0v) is 8.71. The molecule has 0 aromatic heterocycles. The SMILES string of the molecule is CC(O)CNCC1CCCC(C)N1. The Kier molecular flexibility index (Phi) is 4.70. The molecule has 0 aromatic rings. The maximum atomic E-state index is 9.05. The van der Waals surface area contributed by atoms with E-state index in [-0.39, 0.29) is 6.10 Å². The van der Waals surface area contributed by atoms with Crippen molar-refractivity contribution in [3.05, 3.63) is 0 Å². The highest BCUT2D eigenvalue weighted by atomic mass is 16.3. The molecule has 1 aliphatic rings. The van der Waals surface area contributed by atoms with Gasteiger partial charge < -0.3 is 15.7 Å². The van der Waals surface area contributed by atoms with Gasteiger partial charge in [-0.1, -0.05) is 6.42 Å². The minimum atomic E-state index is -0.235. The molecular weight excluding hydrogens is 164 g/mol. The summed E-state index contributed by atoms with van der Waals surface area (Å²) in [7, 11) is 0. The number of aliphatic hydroxyl groups excluding tert-OH is 1. The molecule has 0 amide bonds. The van der Waals surface area contributed by atoms with Gasteiger partial charge in [0.15, 0.2) is 0 Å². The second-order valence-corrected chi connectivity index (χ2v) is 4.20. The first kappa shape index (κ1) is 11.0. The van der Waals surface area contributed by atoms with Crippen molar-refractivity contribution in [2.45, 2.75) is 51.3 Å². The lowest BCUT2D eigenvalue weighted by atomic mass is 10.00. The van der Waals surface area contributed by atoms with E-state index in [4.69, 9.17) is 5.11 Å². The molecule has 78 valence electrons. The third-order valence-corrected chi connectivity index (χ3v) is 2.54. The molecule has 1 aliphatic heterocycles. The van der Waals surface area contributed by atoms with Crippen LogP contribution >= 0.6 is 0 Å². The van der Waals surface area contributed by atoms with E-state index in [0.717, 1.165) is 6.54 Å². The fourth-order valence-electron chi connectivity index (χ4n) is 1.87. The predicted molar refractivity (Wildman–Crippen MR) is 54.8 cm³/mol. The molecule has 0 saturated carbocycles. The van der Waals surface area contributed by atoms with Crippen LogP contribution in [0.4, 0.5) is 0 Å². The van der Waals surface area contributed by atoms with Crippen LogP contribution in [0.25, 0.3) is 0 Å². The third-order valence-electron chi connectivity index (χ3n) is 2.54. The van der Waals surface area contributed by atoms with Crippen LogP contribution < -0.4 is 10.6 Å². The summed E-state index contributed by atoms with van der Waals surface area (Å²) < 4.78 is 0. The first-order chi connectivity index (χ1) is 6.18. The number of hydrogen-bond donors (Lipinski definition) is 3. The Morgan fingerprint density at radius 2 is 2.31 bits per heavy atom. The first-order valence-electron chi connectivity index (χ1n) is 5.33. The van der Waals surface area contributed by atoms with Crippen molar-refractivity contribution < 1.29 is 5.11 Å². The minimum absolute atomic E-state index is 0.235. The van der Waals surface area contributed by atoms with Crippen molar-refractivity contribution in [3.8, 4) is 0 Å². The fourth-order valence-corrected chi connectivity index (χ4v) is 1.87. The molecule has 0 radical (unpaired) electrons. The van der Waals surface area contributed by atoms with E-state index in [0.29, 0.717) is 18.6 Å². The molecule has 3 unspecified atom stereocenters. The summed E-state index contributed by atoms with van der Waals surface area (Å²) in [6, 6.07) is 1.26. The summed E-state index contributed by atoms with van der Waals surface area (Å²) in [5.74, 6) is 0. The highest BCUT2D eigenvalue weighted by Crippen LogP contribution is 2.11. The largest absolute Gasteiger partial charge is 0.392 e. The summed E-state index contributed by atoms with van der Waals surface area (Å²) in [5.41, 5.74) is 0.